The van der Waals surface area contributed by atoms with Crippen LogP contribution >= 0.6 is 0 Å². The Hall–Kier alpha value is -4.73. The molecular formula is C27H27N7O3. The first kappa shape index (κ1) is 24.0. The maximum Gasteiger partial charge on any atom is 0.326 e. The van der Waals surface area contributed by atoms with Crippen molar-refractivity contribution in [1.29, 1.82) is 5.41 Å². The molecule has 37 heavy (non-hydrogen) atoms. The Kier molecular flexibility index (Phi) is 6.55. The van der Waals surface area contributed by atoms with Crippen LogP contribution in [0.25, 0.3) is 22.2 Å². The number of aromatic amines is 1. The normalized spacial score (nSPS) is 15.1. The molecular weight excluding hydrogens is 470 g/mol. The van der Waals surface area contributed by atoms with Crippen molar-refractivity contribution in [3.05, 3.63) is 77.6 Å². The molecule has 1 saturated heterocycles. The summed E-state index contributed by atoms with van der Waals surface area (Å²) < 4.78 is 0. The number of carbonyl (C=O) groups excluding carboxylic acids is 1. The summed E-state index contributed by atoms with van der Waals surface area (Å²) in [5.41, 5.74) is 10.3. The molecule has 1 atom stereocenters. The average molecular weight is 498 g/mol. The van der Waals surface area contributed by atoms with Gasteiger partial charge < -0.3 is 26.0 Å². The van der Waals surface area contributed by atoms with Crippen LogP contribution in [-0.4, -0.2) is 56.9 Å². The molecule has 1 aliphatic rings. The number of anilines is 1. The first-order valence-electron chi connectivity index (χ1n) is 12.1. The van der Waals surface area contributed by atoms with Crippen LogP contribution in [0.2, 0.25) is 0 Å². The lowest BCUT2D eigenvalue weighted by molar-refractivity contribution is -0.138. The van der Waals surface area contributed by atoms with Crippen molar-refractivity contribution in [3.63, 3.8) is 0 Å². The molecule has 0 spiro atoms. The number of nitrogen functional groups attached to an aromatic ring is 1. The number of nitrogens with zero attached hydrogens (tertiary/aromatic N) is 3. The van der Waals surface area contributed by atoms with Gasteiger partial charge >= 0.3 is 5.97 Å². The number of amidine groups is 1. The van der Waals surface area contributed by atoms with Crippen LogP contribution in [0.1, 0.15) is 34.3 Å². The van der Waals surface area contributed by atoms with Crippen molar-refractivity contribution in [1.82, 2.24) is 20.3 Å². The van der Waals surface area contributed by atoms with Gasteiger partial charge in [0.05, 0.1) is 5.69 Å². The van der Waals surface area contributed by atoms with E-state index < -0.39 is 12.0 Å². The molecule has 1 amide bonds. The molecule has 0 radical (unpaired) electrons. The minimum absolute atomic E-state index is 0.0128. The fraction of sp³-hybridized carbons (Fsp3) is 0.222. The van der Waals surface area contributed by atoms with E-state index in [0.29, 0.717) is 48.7 Å². The average Bonchev–Trinajstić information content (AvgIpc) is 3.56. The van der Waals surface area contributed by atoms with Gasteiger partial charge in [-0.05, 0) is 55.2 Å². The third-order valence-corrected chi connectivity index (χ3v) is 6.62. The van der Waals surface area contributed by atoms with E-state index in [0.717, 1.165) is 28.5 Å². The first-order chi connectivity index (χ1) is 17.9. The van der Waals surface area contributed by atoms with E-state index >= 15 is 0 Å². The van der Waals surface area contributed by atoms with E-state index in [-0.39, 0.29) is 11.7 Å². The molecule has 188 valence electrons. The summed E-state index contributed by atoms with van der Waals surface area (Å²) in [5, 5.41) is 21.0. The summed E-state index contributed by atoms with van der Waals surface area (Å²) in [4.78, 5) is 37.9. The molecule has 1 aliphatic heterocycles. The van der Waals surface area contributed by atoms with E-state index in [4.69, 9.17) is 11.1 Å². The molecule has 4 aromatic rings. The van der Waals surface area contributed by atoms with Crippen molar-refractivity contribution in [3.8, 4) is 11.3 Å². The Labute approximate surface area is 213 Å². The number of rotatable bonds is 8. The molecule has 5 rings (SSSR count). The zero-order chi connectivity index (χ0) is 25.9. The molecule has 0 bridgehead atoms. The topological polar surface area (TPSA) is 161 Å². The number of carboxylic acids is 1. The maximum atomic E-state index is 12.7. The van der Waals surface area contributed by atoms with Crippen LogP contribution in [0.4, 0.5) is 5.95 Å². The Morgan fingerprint density at radius 1 is 1.19 bits per heavy atom. The Balaban J connectivity index is 1.22. The second-order valence-electron chi connectivity index (χ2n) is 9.01. The second kappa shape index (κ2) is 10.1. The molecule has 0 aliphatic carbocycles. The number of nitrogens with one attached hydrogen (secondary N) is 3. The minimum Gasteiger partial charge on any atom is -0.480 e. The van der Waals surface area contributed by atoms with Gasteiger partial charge in [-0.25, -0.2) is 14.8 Å². The maximum absolute atomic E-state index is 12.7. The molecule has 1 unspecified atom stereocenters. The number of H-pyrrole nitrogens is 1. The van der Waals surface area contributed by atoms with Crippen LogP contribution in [0, 0.1) is 5.41 Å². The fourth-order valence-corrected chi connectivity index (χ4v) is 4.67. The number of hydrogen-bond donors (Lipinski definition) is 5. The van der Waals surface area contributed by atoms with Gasteiger partial charge in [0.1, 0.15) is 11.9 Å². The molecule has 10 heteroatoms. The number of fused-ring (bicyclic) bond motifs is 1. The number of benzene rings is 2. The quantitative estimate of drug-likeness (QED) is 0.185. The number of aliphatic carboxylic acids is 1. The SMILES string of the molecule is N=C(N)c1c[nH]c2ccc(CCNC(=O)c3ccc(-c4ccnc(N5CCCC5C(=O)O)n4)cc3)cc12. The summed E-state index contributed by atoms with van der Waals surface area (Å²) in [5.74, 6) is -0.632. The van der Waals surface area contributed by atoms with Gasteiger partial charge in [0, 0.05) is 53.1 Å². The van der Waals surface area contributed by atoms with Gasteiger partial charge in [-0.2, -0.15) is 0 Å². The Bertz CT molecular complexity index is 1480. The highest BCUT2D eigenvalue weighted by molar-refractivity contribution is 6.07. The van der Waals surface area contributed by atoms with Crippen molar-refractivity contribution in [2.75, 3.05) is 18.0 Å². The zero-order valence-corrected chi connectivity index (χ0v) is 20.1. The Morgan fingerprint density at radius 3 is 2.76 bits per heavy atom. The molecule has 2 aromatic carbocycles. The summed E-state index contributed by atoms with van der Waals surface area (Å²) in [6, 6.07) is 14.2. The van der Waals surface area contributed by atoms with Crippen LogP contribution in [0.15, 0.2) is 60.9 Å². The van der Waals surface area contributed by atoms with Crippen LogP contribution in [0.5, 0.6) is 0 Å². The molecule has 2 aromatic heterocycles. The molecule has 1 fully saturated rings. The van der Waals surface area contributed by atoms with E-state index in [1.807, 2.05) is 30.3 Å². The second-order valence-corrected chi connectivity index (χ2v) is 9.01. The predicted molar refractivity (Wildman–Crippen MR) is 141 cm³/mol. The standard InChI is InChI=1S/C27H27N7O3/c28-24(29)20-15-32-22-8-3-16(14-19(20)22)9-11-30-25(35)18-6-4-17(5-7-18)21-10-12-31-27(33-21)34-13-1-2-23(34)26(36)37/h3-8,10,12,14-15,23,32H,1-2,9,11,13H2,(H3,28,29)(H,30,35)(H,36,37). The predicted octanol–water partition coefficient (Wildman–Crippen LogP) is 2.93. The lowest BCUT2D eigenvalue weighted by Crippen LogP contribution is -2.37. The molecule has 10 nitrogen and oxygen atoms in total. The van der Waals surface area contributed by atoms with E-state index in [9.17, 15) is 14.7 Å². The van der Waals surface area contributed by atoms with Crippen molar-refractivity contribution in [2.45, 2.75) is 25.3 Å². The largest absolute Gasteiger partial charge is 0.480 e. The number of nitrogens with two attached hydrogens (primary N) is 1. The highest BCUT2D eigenvalue weighted by atomic mass is 16.4. The number of aromatic nitrogens is 3. The van der Waals surface area contributed by atoms with Crippen LogP contribution in [-0.2, 0) is 11.2 Å². The van der Waals surface area contributed by atoms with E-state index in [1.54, 1.807) is 35.5 Å². The lowest BCUT2D eigenvalue weighted by atomic mass is 10.1. The number of carbonyl (C=O) groups is 2. The van der Waals surface area contributed by atoms with Gasteiger partial charge in [0.25, 0.3) is 5.91 Å². The van der Waals surface area contributed by atoms with Gasteiger partial charge in [0.2, 0.25) is 5.95 Å². The molecule has 3 heterocycles. The fourth-order valence-electron chi connectivity index (χ4n) is 4.67. The van der Waals surface area contributed by atoms with E-state index in [1.165, 1.54) is 0 Å². The number of hydrogen-bond acceptors (Lipinski definition) is 6. The minimum atomic E-state index is -0.868. The highest BCUT2D eigenvalue weighted by Crippen LogP contribution is 2.25. The van der Waals surface area contributed by atoms with Gasteiger partial charge in [-0.1, -0.05) is 18.2 Å². The van der Waals surface area contributed by atoms with Crippen LogP contribution in [0.3, 0.4) is 0 Å². The van der Waals surface area contributed by atoms with Gasteiger partial charge in [0.15, 0.2) is 0 Å². The number of carboxylic acid groups (broad SMARTS) is 1. The van der Waals surface area contributed by atoms with Gasteiger partial charge in [-0.15, -0.1) is 0 Å². The summed E-state index contributed by atoms with van der Waals surface area (Å²) in [7, 11) is 0. The van der Waals surface area contributed by atoms with Crippen LogP contribution < -0.4 is 16.0 Å². The summed E-state index contributed by atoms with van der Waals surface area (Å²) in [6.45, 7) is 1.07. The third-order valence-electron chi connectivity index (χ3n) is 6.62. The smallest absolute Gasteiger partial charge is 0.326 e. The third kappa shape index (κ3) is 4.99. The highest BCUT2D eigenvalue weighted by Gasteiger charge is 2.32. The van der Waals surface area contributed by atoms with Crippen molar-refractivity contribution >= 4 is 34.6 Å². The zero-order valence-electron chi connectivity index (χ0n) is 20.1. The monoisotopic (exact) mass is 497 g/mol. The van der Waals surface area contributed by atoms with Crippen molar-refractivity contribution in [2.24, 2.45) is 5.73 Å². The van der Waals surface area contributed by atoms with Gasteiger partial charge in [-0.3, -0.25) is 10.2 Å². The first-order valence-corrected chi connectivity index (χ1v) is 12.1. The van der Waals surface area contributed by atoms with Crippen molar-refractivity contribution < 1.29 is 14.7 Å². The number of amides is 1. The molecule has 6 N–H and O–H groups in total. The lowest BCUT2D eigenvalue weighted by Gasteiger charge is -2.21. The summed E-state index contributed by atoms with van der Waals surface area (Å²) in [6.07, 6.45) is 5.35. The molecule has 0 saturated carbocycles. The summed E-state index contributed by atoms with van der Waals surface area (Å²) >= 11 is 0. The Morgan fingerprint density at radius 2 is 2.00 bits per heavy atom. The van der Waals surface area contributed by atoms with E-state index in [2.05, 4.69) is 20.3 Å².